The standard InChI is InChI=1S/C47H62O5/c1-44(2,3)36-20-28-16-30-22-37(45(4,5)6)24-32(41(30)50)18-34-26-39(47(10,11)12)27-35(43(34)52-15-13-14-48)19-33-25-38(46(7,8)9)23-31(42(33)51)17-29(21-36)40(28)49/h20-27,48-51H,13-19H2,1-12H3. The Kier molecular flexibility index (Phi) is 10.7. The molecule has 0 atom stereocenters. The van der Waals surface area contributed by atoms with E-state index in [9.17, 15) is 20.4 Å². The minimum atomic E-state index is -0.196. The summed E-state index contributed by atoms with van der Waals surface area (Å²) in [6, 6.07) is 17.0. The highest BCUT2D eigenvalue weighted by Gasteiger charge is 2.28. The molecule has 1 aliphatic carbocycles. The van der Waals surface area contributed by atoms with Crippen molar-refractivity contribution in [2.75, 3.05) is 13.2 Å². The van der Waals surface area contributed by atoms with Gasteiger partial charge in [-0.2, -0.15) is 0 Å². The number of benzene rings is 4. The highest BCUT2D eigenvalue weighted by atomic mass is 16.5. The highest BCUT2D eigenvalue weighted by Crippen LogP contribution is 2.43. The molecule has 1 aliphatic rings. The van der Waals surface area contributed by atoms with Crippen molar-refractivity contribution in [2.24, 2.45) is 0 Å². The Bertz CT molecular complexity index is 1840. The summed E-state index contributed by atoms with van der Waals surface area (Å²) in [5.41, 5.74) is 10.2. The third kappa shape index (κ3) is 8.46. The van der Waals surface area contributed by atoms with Crippen LogP contribution in [0.15, 0.2) is 48.5 Å². The second-order valence-corrected chi connectivity index (χ2v) is 19.2. The van der Waals surface area contributed by atoms with E-state index in [1.165, 1.54) is 0 Å². The summed E-state index contributed by atoms with van der Waals surface area (Å²) in [5.74, 6) is 1.38. The average molecular weight is 707 g/mol. The molecule has 0 unspecified atom stereocenters. The molecule has 4 aromatic carbocycles. The smallest absolute Gasteiger partial charge is 0.126 e. The fraction of sp³-hybridized carbons (Fsp3) is 0.489. The second-order valence-electron chi connectivity index (χ2n) is 19.2. The maximum atomic E-state index is 12.1. The van der Waals surface area contributed by atoms with Crippen LogP contribution in [0.5, 0.6) is 23.0 Å². The van der Waals surface area contributed by atoms with Crippen molar-refractivity contribution in [3.8, 4) is 23.0 Å². The van der Waals surface area contributed by atoms with Gasteiger partial charge in [-0.1, -0.05) is 132 Å². The van der Waals surface area contributed by atoms with Crippen LogP contribution in [0.4, 0.5) is 0 Å². The lowest BCUT2D eigenvalue weighted by Crippen LogP contribution is -2.16. The Morgan fingerprint density at radius 3 is 0.885 bits per heavy atom. The molecule has 0 saturated carbocycles. The Hall–Kier alpha value is -3.96. The molecule has 0 radical (unpaired) electrons. The van der Waals surface area contributed by atoms with Gasteiger partial charge in [0, 0.05) is 38.7 Å². The Labute approximate surface area is 312 Å². The Morgan fingerprint density at radius 2 is 0.654 bits per heavy atom. The van der Waals surface area contributed by atoms with Crippen molar-refractivity contribution < 1.29 is 25.2 Å². The number of aromatic hydroxyl groups is 3. The zero-order chi connectivity index (χ0) is 38.6. The molecule has 8 bridgehead atoms. The molecule has 280 valence electrons. The first-order chi connectivity index (χ1) is 24.0. The number of aliphatic hydroxyl groups is 1. The molecule has 0 spiro atoms. The van der Waals surface area contributed by atoms with Crippen LogP contribution in [0.25, 0.3) is 0 Å². The number of phenols is 3. The molecular formula is C47H62O5. The minimum Gasteiger partial charge on any atom is -0.507 e. The first-order valence-corrected chi connectivity index (χ1v) is 18.9. The largest absolute Gasteiger partial charge is 0.507 e. The van der Waals surface area contributed by atoms with Crippen LogP contribution >= 0.6 is 0 Å². The third-order valence-electron chi connectivity index (χ3n) is 10.6. The molecule has 0 heterocycles. The fourth-order valence-electron chi connectivity index (χ4n) is 7.08. The van der Waals surface area contributed by atoms with E-state index in [1.54, 1.807) is 0 Å². The van der Waals surface area contributed by atoms with Crippen LogP contribution in [-0.4, -0.2) is 33.6 Å². The summed E-state index contributed by atoms with van der Waals surface area (Å²) < 4.78 is 6.58. The van der Waals surface area contributed by atoms with Crippen LogP contribution in [0.2, 0.25) is 0 Å². The van der Waals surface area contributed by atoms with Gasteiger partial charge in [0.2, 0.25) is 0 Å². The number of hydrogen-bond donors (Lipinski definition) is 4. The predicted octanol–water partition coefficient (Wildman–Crippen LogP) is 10.4. The van der Waals surface area contributed by atoms with Gasteiger partial charge >= 0.3 is 0 Å². The summed E-state index contributed by atoms with van der Waals surface area (Å²) in [4.78, 5) is 0. The lowest BCUT2D eigenvalue weighted by Gasteiger charge is -2.27. The summed E-state index contributed by atoms with van der Waals surface area (Å²) in [5, 5.41) is 46.0. The average Bonchev–Trinajstić information content (AvgIpc) is 3.01. The van der Waals surface area contributed by atoms with E-state index in [0.717, 1.165) is 72.5 Å². The number of fused-ring (bicyclic) bond motifs is 8. The molecule has 52 heavy (non-hydrogen) atoms. The minimum absolute atomic E-state index is 0.0181. The van der Waals surface area contributed by atoms with Gasteiger partial charge in [-0.05, 0) is 88.4 Å². The summed E-state index contributed by atoms with van der Waals surface area (Å²) in [6.07, 6.45) is 2.02. The molecule has 0 aliphatic heterocycles. The van der Waals surface area contributed by atoms with E-state index in [-0.39, 0.29) is 45.5 Å². The van der Waals surface area contributed by atoms with Crippen LogP contribution in [0, 0.1) is 0 Å². The van der Waals surface area contributed by atoms with Gasteiger partial charge < -0.3 is 25.2 Å². The molecule has 0 saturated heterocycles. The summed E-state index contributed by atoms with van der Waals surface area (Å²) in [7, 11) is 0. The molecule has 0 aromatic heterocycles. The van der Waals surface area contributed by atoms with E-state index in [0.29, 0.717) is 38.7 Å². The zero-order valence-corrected chi connectivity index (χ0v) is 33.8. The van der Waals surface area contributed by atoms with Gasteiger partial charge in [0.15, 0.2) is 0 Å². The Balaban J connectivity index is 1.91. The van der Waals surface area contributed by atoms with E-state index in [4.69, 9.17) is 4.74 Å². The molecule has 5 rings (SSSR count). The van der Waals surface area contributed by atoms with Gasteiger partial charge in [-0.25, -0.2) is 0 Å². The van der Waals surface area contributed by atoms with Crippen LogP contribution in [0.3, 0.4) is 0 Å². The number of aliphatic hydroxyl groups excluding tert-OH is 1. The van der Waals surface area contributed by atoms with E-state index < -0.39 is 0 Å². The Morgan fingerprint density at radius 1 is 0.423 bits per heavy atom. The van der Waals surface area contributed by atoms with Gasteiger partial charge in [0.25, 0.3) is 0 Å². The van der Waals surface area contributed by atoms with Crippen molar-refractivity contribution in [1.29, 1.82) is 0 Å². The van der Waals surface area contributed by atoms with Crippen molar-refractivity contribution in [3.05, 3.63) is 115 Å². The SMILES string of the molecule is CC(C)(C)c1cc2c(O)c(c1)Cc1cc(C(C)(C)C)cc(c1O)Cc1cc(C(C)(C)C)cc(c1OCCCO)Cc1cc(C(C)(C)C)cc(c1O)C2. The van der Waals surface area contributed by atoms with E-state index in [1.807, 2.05) is 0 Å². The number of hydrogen-bond acceptors (Lipinski definition) is 5. The van der Waals surface area contributed by atoms with Crippen molar-refractivity contribution in [3.63, 3.8) is 0 Å². The first kappa shape index (κ1) is 39.3. The highest BCUT2D eigenvalue weighted by molar-refractivity contribution is 5.59. The second kappa shape index (κ2) is 14.1. The molecule has 5 nitrogen and oxygen atoms in total. The quantitative estimate of drug-likeness (QED) is 0.140. The van der Waals surface area contributed by atoms with Gasteiger partial charge in [-0.3, -0.25) is 0 Å². The zero-order valence-electron chi connectivity index (χ0n) is 33.8. The normalized spacial score (nSPS) is 14.0. The lowest BCUT2D eigenvalue weighted by atomic mass is 9.79. The van der Waals surface area contributed by atoms with Crippen LogP contribution in [-0.2, 0) is 47.3 Å². The molecule has 4 aromatic rings. The number of phenolic OH excluding ortho intramolecular Hbond substituents is 3. The predicted molar refractivity (Wildman–Crippen MR) is 214 cm³/mol. The van der Waals surface area contributed by atoms with Crippen LogP contribution < -0.4 is 4.74 Å². The molecular weight excluding hydrogens is 645 g/mol. The molecule has 0 amide bonds. The lowest BCUT2D eigenvalue weighted by molar-refractivity contribution is 0.231. The fourth-order valence-corrected chi connectivity index (χ4v) is 7.08. The van der Waals surface area contributed by atoms with Gasteiger partial charge in [-0.15, -0.1) is 0 Å². The number of rotatable bonds is 4. The summed E-state index contributed by atoms with van der Waals surface area (Å²) >= 11 is 0. The molecule has 5 heteroatoms. The topological polar surface area (TPSA) is 90.2 Å². The van der Waals surface area contributed by atoms with Gasteiger partial charge in [0.1, 0.15) is 23.0 Å². The van der Waals surface area contributed by atoms with Crippen LogP contribution in [0.1, 0.15) is 156 Å². The maximum Gasteiger partial charge on any atom is 0.126 e. The van der Waals surface area contributed by atoms with Crippen molar-refractivity contribution in [2.45, 2.75) is 137 Å². The first-order valence-electron chi connectivity index (χ1n) is 18.9. The van der Waals surface area contributed by atoms with E-state index in [2.05, 4.69) is 132 Å². The number of ether oxygens (including phenoxy) is 1. The van der Waals surface area contributed by atoms with Crippen molar-refractivity contribution >= 4 is 0 Å². The maximum absolute atomic E-state index is 12.1. The summed E-state index contributed by atoms with van der Waals surface area (Å²) in [6.45, 7) is 26.6. The molecule has 0 fully saturated rings. The third-order valence-corrected chi connectivity index (χ3v) is 10.6. The molecule has 4 N–H and O–H groups in total. The van der Waals surface area contributed by atoms with Gasteiger partial charge in [0.05, 0.1) is 6.61 Å². The monoisotopic (exact) mass is 706 g/mol. The van der Waals surface area contributed by atoms with E-state index >= 15 is 0 Å². The van der Waals surface area contributed by atoms with Crippen molar-refractivity contribution in [1.82, 2.24) is 0 Å².